The second-order valence-electron chi connectivity index (χ2n) is 5.90. The molecule has 2 fully saturated rings. The number of aliphatic imine (C=N–C) groups is 1. The van der Waals surface area contributed by atoms with Crippen molar-refractivity contribution >= 4 is 5.96 Å². The summed E-state index contributed by atoms with van der Waals surface area (Å²) < 4.78 is 11.0. The Hall–Kier alpha value is -0.810. The molecule has 1 heterocycles. The van der Waals surface area contributed by atoms with Gasteiger partial charge < -0.3 is 20.5 Å². The second kappa shape index (κ2) is 9.19. The molecule has 1 aliphatic heterocycles. The maximum Gasteiger partial charge on any atom is 0.188 e. The van der Waals surface area contributed by atoms with Gasteiger partial charge in [0.2, 0.25) is 0 Å². The van der Waals surface area contributed by atoms with Gasteiger partial charge in [0.05, 0.1) is 13.2 Å². The minimum absolute atomic E-state index is 0.533. The predicted molar refractivity (Wildman–Crippen MR) is 80.9 cm³/mol. The molecule has 5 heteroatoms. The maximum absolute atomic E-state index is 5.90. The van der Waals surface area contributed by atoms with Gasteiger partial charge in [0, 0.05) is 31.7 Å². The Morgan fingerprint density at radius 2 is 2.10 bits per heavy atom. The number of rotatable bonds is 7. The highest BCUT2D eigenvalue weighted by Crippen LogP contribution is 2.17. The largest absolute Gasteiger partial charge is 0.381 e. The van der Waals surface area contributed by atoms with Crippen LogP contribution in [-0.2, 0) is 9.47 Å². The molecule has 1 unspecified atom stereocenters. The SMILES string of the molecule is NC(=NCCCOCC1CCOC1)NC1CCCCC1. The molecule has 0 aromatic rings. The van der Waals surface area contributed by atoms with Gasteiger partial charge in [-0.2, -0.15) is 0 Å². The third kappa shape index (κ3) is 6.09. The van der Waals surface area contributed by atoms with E-state index in [1.165, 1.54) is 32.1 Å². The van der Waals surface area contributed by atoms with E-state index in [1.54, 1.807) is 0 Å². The van der Waals surface area contributed by atoms with Gasteiger partial charge in [-0.05, 0) is 25.7 Å². The van der Waals surface area contributed by atoms with Crippen molar-refractivity contribution in [1.29, 1.82) is 0 Å². The van der Waals surface area contributed by atoms with Crippen molar-refractivity contribution in [2.24, 2.45) is 16.6 Å². The summed E-state index contributed by atoms with van der Waals surface area (Å²) in [5.41, 5.74) is 5.90. The monoisotopic (exact) mass is 283 g/mol. The molecule has 2 rings (SSSR count). The Kier molecular flexibility index (Phi) is 7.15. The fraction of sp³-hybridized carbons (Fsp3) is 0.933. The summed E-state index contributed by atoms with van der Waals surface area (Å²) in [5.74, 6) is 1.19. The summed E-state index contributed by atoms with van der Waals surface area (Å²) >= 11 is 0. The summed E-state index contributed by atoms with van der Waals surface area (Å²) in [6, 6.07) is 0.533. The van der Waals surface area contributed by atoms with Crippen LogP contribution in [0.4, 0.5) is 0 Å². The summed E-state index contributed by atoms with van der Waals surface area (Å²) in [6.45, 7) is 4.07. The predicted octanol–water partition coefficient (Wildman–Crippen LogP) is 1.67. The van der Waals surface area contributed by atoms with E-state index in [-0.39, 0.29) is 0 Å². The van der Waals surface area contributed by atoms with Crippen molar-refractivity contribution in [1.82, 2.24) is 5.32 Å². The summed E-state index contributed by atoms with van der Waals surface area (Å²) in [7, 11) is 0. The first-order valence-corrected chi connectivity index (χ1v) is 8.06. The molecule has 0 aromatic heterocycles. The van der Waals surface area contributed by atoms with Crippen LogP contribution in [-0.4, -0.2) is 45.0 Å². The number of hydrogen-bond acceptors (Lipinski definition) is 3. The average Bonchev–Trinajstić information content (AvgIpc) is 2.97. The number of hydrogen-bond donors (Lipinski definition) is 2. The fourth-order valence-electron chi connectivity index (χ4n) is 2.83. The molecule has 0 aromatic carbocycles. The highest BCUT2D eigenvalue weighted by atomic mass is 16.5. The van der Waals surface area contributed by atoms with E-state index in [0.717, 1.165) is 45.8 Å². The van der Waals surface area contributed by atoms with Crippen molar-refractivity contribution in [2.45, 2.75) is 51.0 Å². The highest BCUT2D eigenvalue weighted by molar-refractivity contribution is 5.78. The van der Waals surface area contributed by atoms with Crippen molar-refractivity contribution in [3.63, 3.8) is 0 Å². The van der Waals surface area contributed by atoms with Crippen molar-refractivity contribution < 1.29 is 9.47 Å². The van der Waals surface area contributed by atoms with E-state index in [9.17, 15) is 0 Å². The van der Waals surface area contributed by atoms with Gasteiger partial charge in [-0.15, -0.1) is 0 Å². The first-order valence-electron chi connectivity index (χ1n) is 8.06. The van der Waals surface area contributed by atoms with Crippen LogP contribution < -0.4 is 11.1 Å². The van der Waals surface area contributed by atoms with Crippen LogP contribution in [0.1, 0.15) is 44.9 Å². The Morgan fingerprint density at radius 1 is 1.25 bits per heavy atom. The van der Waals surface area contributed by atoms with Gasteiger partial charge in [0.1, 0.15) is 0 Å². The first kappa shape index (κ1) is 15.6. The number of ether oxygens (including phenoxy) is 2. The lowest BCUT2D eigenvalue weighted by Gasteiger charge is -2.23. The molecule has 2 aliphatic rings. The van der Waals surface area contributed by atoms with Crippen LogP contribution in [0, 0.1) is 5.92 Å². The van der Waals surface area contributed by atoms with Gasteiger partial charge in [0.25, 0.3) is 0 Å². The van der Waals surface area contributed by atoms with Crippen LogP contribution >= 0.6 is 0 Å². The van der Waals surface area contributed by atoms with Crippen LogP contribution in [0.3, 0.4) is 0 Å². The van der Waals surface area contributed by atoms with E-state index < -0.39 is 0 Å². The van der Waals surface area contributed by atoms with Gasteiger partial charge in [0.15, 0.2) is 5.96 Å². The molecule has 1 aliphatic carbocycles. The lowest BCUT2D eigenvalue weighted by atomic mass is 9.96. The zero-order valence-electron chi connectivity index (χ0n) is 12.5. The molecule has 0 amide bonds. The van der Waals surface area contributed by atoms with E-state index in [2.05, 4.69) is 10.3 Å². The Balaban J connectivity index is 1.47. The minimum atomic E-state index is 0.533. The molecule has 116 valence electrons. The molecular formula is C15H29N3O2. The molecule has 3 N–H and O–H groups in total. The Morgan fingerprint density at radius 3 is 2.85 bits per heavy atom. The van der Waals surface area contributed by atoms with E-state index in [1.807, 2.05) is 0 Å². The summed E-state index contributed by atoms with van der Waals surface area (Å²) in [4.78, 5) is 4.37. The molecule has 20 heavy (non-hydrogen) atoms. The smallest absolute Gasteiger partial charge is 0.188 e. The number of nitrogens with one attached hydrogen (secondary N) is 1. The van der Waals surface area contributed by atoms with Gasteiger partial charge in [-0.3, -0.25) is 4.99 Å². The average molecular weight is 283 g/mol. The highest BCUT2D eigenvalue weighted by Gasteiger charge is 2.15. The molecule has 0 spiro atoms. The van der Waals surface area contributed by atoms with Gasteiger partial charge >= 0.3 is 0 Å². The second-order valence-corrected chi connectivity index (χ2v) is 5.90. The maximum atomic E-state index is 5.90. The number of nitrogens with two attached hydrogens (primary N) is 1. The summed E-state index contributed by atoms with van der Waals surface area (Å²) in [5, 5.41) is 3.32. The molecule has 1 atom stereocenters. The normalized spacial score (nSPS) is 25.0. The van der Waals surface area contributed by atoms with Gasteiger partial charge in [-0.1, -0.05) is 19.3 Å². The lowest BCUT2D eigenvalue weighted by Crippen LogP contribution is -2.41. The van der Waals surface area contributed by atoms with Crippen molar-refractivity contribution in [3.8, 4) is 0 Å². The molecule has 1 saturated heterocycles. The molecular weight excluding hydrogens is 254 g/mol. The van der Waals surface area contributed by atoms with Crippen molar-refractivity contribution in [2.75, 3.05) is 33.0 Å². The van der Waals surface area contributed by atoms with Crippen LogP contribution in [0.25, 0.3) is 0 Å². The zero-order chi connectivity index (χ0) is 14.0. The fourth-order valence-corrected chi connectivity index (χ4v) is 2.83. The topological polar surface area (TPSA) is 68.9 Å². The minimum Gasteiger partial charge on any atom is -0.381 e. The third-order valence-electron chi connectivity index (χ3n) is 4.06. The summed E-state index contributed by atoms with van der Waals surface area (Å²) in [6.07, 6.45) is 8.49. The van der Waals surface area contributed by atoms with Crippen molar-refractivity contribution in [3.05, 3.63) is 0 Å². The standard InChI is InChI=1S/C15H29N3O2/c16-15(18-14-5-2-1-3-6-14)17-8-4-9-19-11-13-7-10-20-12-13/h13-14H,1-12H2,(H3,16,17,18). The third-order valence-corrected chi connectivity index (χ3v) is 4.06. The first-order chi connectivity index (χ1) is 9.84. The Bertz CT molecular complexity index is 285. The van der Waals surface area contributed by atoms with Crippen LogP contribution in [0.2, 0.25) is 0 Å². The molecule has 5 nitrogen and oxygen atoms in total. The van der Waals surface area contributed by atoms with E-state index in [4.69, 9.17) is 15.2 Å². The van der Waals surface area contributed by atoms with Crippen LogP contribution in [0.15, 0.2) is 4.99 Å². The molecule has 0 bridgehead atoms. The Labute approximate surface area is 122 Å². The molecule has 1 saturated carbocycles. The van der Waals surface area contributed by atoms with Crippen LogP contribution in [0.5, 0.6) is 0 Å². The molecule has 0 radical (unpaired) electrons. The number of guanidine groups is 1. The zero-order valence-corrected chi connectivity index (χ0v) is 12.5. The lowest BCUT2D eigenvalue weighted by molar-refractivity contribution is 0.0893. The quantitative estimate of drug-likeness (QED) is 0.423. The van der Waals surface area contributed by atoms with E-state index >= 15 is 0 Å². The number of nitrogens with zero attached hydrogens (tertiary/aromatic N) is 1. The van der Waals surface area contributed by atoms with E-state index in [0.29, 0.717) is 17.9 Å². The van der Waals surface area contributed by atoms with Gasteiger partial charge in [-0.25, -0.2) is 0 Å².